The molecular formula is C10H12ClNO2S. The van der Waals surface area contributed by atoms with E-state index < -0.39 is 13.8 Å². The van der Waals surface area contributed by atoms with Crippen molar-refractivity contribution in [1.82, 2.24) is 4.98 Å². The molecule has 0 aliphatic heterocycles. The number of aromatic nitrogens is 1. The van der Waals surface area contributed by atoms with Crippen LogP contribution in [0, 0.1) is 0 Å². The Bertz CT molecular complexity index is 440. The van der Waals surface area contributed by atoms with Gasteiger partial charge in [-0.15, -0.1) is 0 Å². The molecule has 0 N–H and O–H groups in total. The highest BCUT2D eigenvalue weighted by atomic mass is 35.7. The maximum atomic E-state index is 11.3. The predicted octanol–water partition coefficient (Wildman–Crippen LogP) is 2.12. The van der Waals surface area contributed by atoms with Crippen molar-refractivity contribution in [2.45, 2.75) is 30.4 Å². The van der Waals surface area contributed by atoms with Gasteiger partial charge in [-0.3, -0.25) is 4.98 Å². The van der Waals surface area contributed by atoms with Crippen molar-refractivity contribution in [3.63, 3.8) is 0 Å². The quantitative estimate of drug-likeness (QED) is 0.764. The molecule has 1 fully saturated rings. The summed E-state index contributed by atoms with van der Waals surface area (Å²) in [6.45, 7) is 0. The Morgan fingerprint density at radius 1 is 1.47 bits per heavy atom. The van der Waals surface area contributed by atoms with E-state index in [2.05, 4.69) is 4.98 Å². The molecule has 15 heavy (non-hydrogen) atoms. The van der Waals surface area contributed by atoms with E-state index in [-0.39, 0.29) is 0 Å². The van der Waals surface area contributed by atoms with Gasteiger partial charge in [0.2, 0.25) is 9.05 Å². The maximum Gasteiger partial charge on any atom is 0.238 e. The number of nitrogens with zero attached hydrogens (tertiary/aromatic N) is 1. The molecule has 1 heterocycles. The van der Waals surface area contributed by atoms with E-state index in [1.54, 1.807) is 12.4 Å². The highest BCUT2D eigenvalue weighted by molar-refractivity contribution is 8.15. The van der Waals surface area contributed by atoms with Crippen LogP contribution in [0.1, 0.15) is 24.8 Å². The normalized spacial score (nSPS) is 18.7. The third kappa shape index (κ3) is 2.32. The van der Waals surface area contributed by atoms with Crippen LogP contribution in [-0.2, 0) is 15.5 Å². The lowest BCUT2D eigenvalue weighted by molar-refractivity contribution is 0.582. The van der Waals surface area contributed by atoms with E-state index in [0.29, 0.717) is 19.3 Å². The first-order chi connectivity index (χ1) is 7.04. The summed E-state index contributed by atoms with van der Waals surface area (Å²) in [5, 5.41) is 0. The van der Waals surface area contributed by atoms with Crippen molar-refractivity contribution >= 4 is 19.7 Å². The molecule has 1 aromatic heterocycles. The molecule has 0 spiro atoms. The lowest BCUT2D eigenvalue weighted by Crippen LogP contribution is -2.18. The van der Waals surface area contributed by atoms with Crippen molar-refractivity contribution in [1.29, 1.82) is 0 Å². The number of hydrogen-bond donors (Lipinski definition) is 0. The van der Waals surface area contributed by atoms with Gasteiger partial charge in [0.1, 0.15) is 0 Å². The van der Waals surface area contributed by atoms with E-state index in [4.69, 9.17) is 10.7 Å². The second-order valence-corrected chi connectivity index (χ2v) is 6.94. The van der Waals surface area contributed by atoms with Crippen LogP contribution in [0.25, 0.3) is 0 Å². The van der Waals surface area contributed by atoms with Gasteiger partial charge in [0.25, 0.3) is 0 Å². The number of hydrogen-bond acceptors (Lipinski definition) is 3. The Morgan fingerprint density at radius 3 is 2.67 bits per heavy atom. The molecule has 1 aliphatic rings. The second-order valence-electron chi connectivity index (χ2n) is 3.98. The van der Waals surface area contributed by atoms with Gasteiger partial charge in [0.15, 0.2) is 0 Å². The topological polar surface area (TPSA) is 47.0 Å². The van der Waals surface area contributed by atoms with Gasteiger partial charge in [0, 0.05) is 23.1 Å². The molecule has 5 heteroatoms. The van der Waals surface area contributed by atoms with Gasteiger partial charge in [0.05, 0.1) is 4.75 Å². The van der Waals surface area contributed by atoms with Crippen molar-refractivity contribution < 1.29 is 8.42 Å². The Hall–Kier alpha value is -0.610. The summed E-state index contributed by atoms with van der Waals surface area (Å²) in [6.07, 6.45) is 6.17. The van der Waals surface area contributed by atoms with Crippen LogP contribution in [0.5, 0.6) is 0 Å². The SMILES string of the molecule is O=S(=O)(Cl)C1(CCc2cccnc2)CC1. The van der Waals surface area contributed by atoms with Gasteiger partial charge in [-0.2, -0.15) is 0 Å². The molecule has 2 rings (SSSR count). The smallest absolute Gasteiger partial charge is 0.238 e. The largest absolute Gasteiger partial charge is 0.264 e. The first-order valence-electron chi connectivity index (χ1n) is 4.87. The predicted molar refractivity (Wildman–Crippen MR) is 59.3 cm³/mol. The summed E-state index contributed by atoms with van der Waals surface area (Å²) in [5.41, 5.74) is 1.06. The van der Waals surface area contributed by atoms with Crippen molar-refractivity contribution in [3.05, 3.63) is 30.1 Å². The minimum absolute atomic E-state index is 0.602. The van der Waals surface area contributed by atoms with Gasteiger partial charge in [-0.05, 0) is 37.3 Å². The van der Waals surface area contributed by atoms with Gasteiger partial charge < -0.3 is 0 Å². The number of aryl methyl sites for hydroxylation is 1. The summed E-state index contributed by atoms with van der Waals surface area (Å²) in [5.74, 6) is 0. The average molecular weight is 246 g/mol. The van der Waals surface area contributed by atoms with Crippen LogP contribution in [0.2, 0.25) is 0 Å². The fourth-order valence-electron chi connectivity index (χ4n) is 1.67. The van der Waals surface area contributed by atoms with Gasteiger partial charge in [-0.25, -0.2) is 8.42 Å². The molecule has 0 aromatic carbocycles. The first kappa shape index (κ1) is 10.9. The summed E-state index contributed by atoms with van der Waals surface area (Å²) in [7, 11) is 2.00. The zero-order chi connectivity index (χ0) is 10.9. The Morgan fingerprint density at radius 2 is 2.20 bits per heavy atom. The number of rotatable bonds is 4. The van der Waals surface area contributed by atoms with E-state index in [9.17, 15) is 8.42 Å². The molecule has 1 aliphatic carbocycles. The minimum Gasteiger partial charge on any atom is -0.264 e. The highest BCUT2D eigenvalue weighted by Crippen LogP contribution is 2.48. The van der Waals surface area contributed by atoms with Crippen LogP contribution in [0.4, 0.5) is 0 Å². The second kappa shape index (κ2) is 3.76. The molecule has 0 unspecified atom stereocenters. The van der Waals surface area contributed by atoms with E-state index in [1.165, 1.54) is 0 Å². The standard InChI is InChI=1S/C10H12ClNO2S/c11-15(13,14)10(5-6-10)4-3-9-2-1-7-12-8-9/h1-2,7-8H,3-6H2. The van der Waals surface area contributed by atoms with Gasteiger partial charge in [-0.1, -0.05) is 6.07 Å². The molecule has 0 bridgehead atoms. The van der Waals surface area contributed by atoms with Gasteiger partial charge >= 0.3 is 0 Å². The maximum absolute atomic E-state index is 11.3. The van der Waals surface area contributed by atoms with E-state index >= 15 is 0 Å². The zero-order valence-corrected chi connectivity index (χ0v) is 9.76. The average Bonchev–Trinajstić information content (AvgIpc) is 2.96. The highest BCUT2D eigenvalue weighted by Gasteiger charge is 2.53. The molecule has 0 amide bonds. The Balaban J connectivity index is 2.01. The Kier molecular flexibility index (Phi) is 2.73. The van der Waals surface area contributed by atoms with E-state index in [1.807, 2.05) is 12.1 Å². The third-order valence-corrected chi connectivity index (χ3v) is 5.55. The minimum atomic E-state index is -3.41. The number of halogens is 1. The van der Waals surface area contributed by atoms with Crippen molar-refractivity contribution in [2.75, 3.05) is 0 Å². The molecule has 82 valence electrons. The van der Waals surface area contributed by atoms with Crippen LogP contribution >= 0.6 is 10.7 Å². The number of pyridine rings is 1. The molecule has 0 radical (unpaired) electrons. The first-order valence-corrected chi connectivity index (χ1v) is 7.18. The fourth-order valence-corrected chi connectivity index (χ4v) is 3.30. The lowest BCUT2D eigenvalue weighted by Gasteiger charge is -2.10. The molecule has 1 aromatic rings. The lowest BCUT2D eigenvalue weighted by atomic mass is 10.1. The summed E-state index contributed by atoms with van der Waals surface area (Å²) < 4.78 is 21.9. The van der Waals surface area contributed by atoms with Crippen LogP contribution in [0.3, 0.4) is 0 Å². The molecule has 3 nitrogen and oxygen atoms in total. The molecular weight excluding hydrogens is 234 g/mol. The third-order valence-electron chi connectivity index (χ3n) is 2.92. The molecule has 0 saturated heterocycles. The van der Waals surface area contributed by atoms with E-state index in [0.717, 1.165) is 12.0 Å². The Labute approximate surface area is 93.9 Å². The summed E-state index contributed by atoms with van der Waals surface area (Å²) >= 11 is 0. The van der Waals surface area contributed by atoms with Crippen LogP contribution in [0.15, 0.2) is 24.5 Å². The molecule has 1 saturated carbocycles. The van der Waals surface area contributed by atoms with Crippen molar-refractivity contribution in [3.8, 4) is 0 Å². The molecule has 0 atom stereocenters. The van der Waals surface area contributed by atoms with Crippen LogP contribution < -0.4 is 0 Å². The summed E-state index contributed by atoms with van der Waals surface area (Å²) in [4.78, 5) is 3.99. The van der Waals surface area contributed by atoms with Crippen molar-refractivity contribution in [2.24, 2.45) is 0 Å². The zero-order valence-electron chi connectivity index (χ0n) is 8.19. The summed E-state index contributed by atoms with van der Waals surface area (Å²) in [6, 6.07) is 3.80. The van der Waals surface area contributed by atoms with Crippen LogP contribution in [-0.4, -0.2) is 18.1 Å². The fraction of sp³-hybridized carbons (Fsp3) is 0.500. The monoisotopic (exact) mass is 245 g/mol.